The topological polar surface area (TPSA) is 69.7 Å². The Morgan fingerprint density at radius 2 is 1.45 bits per heavy atom. The molecule has 0 aromatic heterocycles. The first-order valence-corrected chi connectivity index (χ1v) is 13.4. The average molecular weight is 468 g/mol. The van der Waals surface area contributed by atoms with Gasteiger partial charge in [-0.2, -0.15) is 4.31 Å². The minimum atomic E-state index is -3.58. The Morgan fingerprint density at radius 3 is 2.15 bits per heavy atom. The van der Waals surface area contributed by atoms with Crippen molar-refractivity contribution >= 4 is 33.4 Å². The molecule has 2 aromatic carbocycles. The third-order valence-electron chi connectivity index (χ3n) is 6.35. The molecule has 2 aromatic rings. The maximum atomic E-state index is 13.3. The van der Waals surface area contributed by atoms with Gasteiger partial charge >= 0.3 is 0 Å². The molecule has 1 N–H and O–H groups in total. The molecule has 2 aliphatic heterocycles. The van der Waals surface area contributed by atoms with Gasteiger partial charge in [0.2, 0.25) is 15.9 Å². The van der Waals surface area contributed by atoms with E-state index in [-0.39, 0.29) is 10.8 Å². The number of anilines is 2. The van der Waals surface area contributed by atoms with E-state index in [1.54, 1.807) is 22.5 Å². The van der Waals surface area contributed by atoms with Crippen LogP contribution in [0.1, 0.15) is 50.5 Å². The number of nitrogens with zero attached hydrogens (tertiary/aromatic N) is 2. The number of benzene rings is 2. The lowest BCUT2D eigenvalue weighted by molar-refractivity contribution is -0.111. The van der Waals surface area contributed by atoms with Gasteiger partial charge in [0.15, 0.2) is 0 Å². The van der Waals surface area contributed by atoms with E-state index in [1.165, 1.54) is 18.9 Å². The quantitative estimate of drug-likeness (QED) is 0.614. The van der Waals surface area contributed by atoms with Crippen LogP contribution >= 0.6 is 0 Å². The van der Waals surface area contributed by atoms with Crippen molar-refractivity contribution in [2.45, 2.75) is 49.8 Å². The number of amides is 1. The van der Waals surface area contributed by atoms with Crippen LogP contribution in [0.5, 0.6) is 0 Å². The minimum absolute atomic E-state index is 0.241. The Morgan fingerprint density at radius 1 is 0.818 bits per heavy atom. The maximum absolute atomic E-state index is 13.3. The second kappa shape index (κ2) is 11.0. The molecule has 33 heavy (non-hydrogen) atoms. The Labute approximate surface area is 197 Å². The molecule has 2 saturated heterocycles. The van der Waals surface area contributed by atoms with E-state index in [2.05, 4.69) is 10.2 Å². The van der Waals surface area contributed by atoms with Crippen LogP contribution in [0.3, 0.4) is 0 Å². The highest BCUT2D eigenvalue weighted by atomic mass is 32.2. The molecule has 1 amide bonds. The van der Waals surface area contributed by atoms with E-state index in [9.17, 15) is 13.2 Å². The molecular weight excluding hydrogens is 434 g/mol. The van der Waals surface area contributed by atoms with Crippen LogP contribution in [-0.2, 0) is 14.8 Å². The fourth-order valence-electron chi connectivity index (χ4n) is 4.53. The smallest absolute Gasteiger partial charge is 0.248 e. The molecule has 0 spiro atoms. The Kier molecular flexibility index (Phi) is 7.83. The van der Waals surface area contributed by atoms with Crippen molar-refractivity contribution in [3.8, 4) is 0 Å². The number of hydrogen-bond donors (Lipinski definition) is 1. The zero-order valence-electron chi connectivity index (χ0n) is 19.1. The Balaban J connectivity index is 1.62. The molecule has 0 radical (unpaired) electrons. The summed E-state index contributed by atoms with van der Waals surface area (Å²) in [7, 11) is -3.58. The molecule has 0 unspecified atom stereocenters. The third kappa shape index (κ3) is 6.03. The lowest BCUT2D eigenvalue weighted by Gasteiger charge is -2.28. The van der Waals surface area contributed by atoms with Crippen molar-refractivity contribution in [3.05, 3.63) is 60.2 Å². The second-order valence-electron chi connectivity index (χ2n) is 8.78. The van der Waals surface area contributed by atoms with Crippen LogP contribution in [0.25, 0.3) is 6.08 Å². The summed E-state index contributed by atoms with van der Waals surface area (Å²) in [4.78, 5) is 15.3. The van der Waals surface area contributed by atoms with E-state index in [0.29, 0.717) is 18.8 Å². The van der Waals surface area contributed by atoms with Crippen LogP contribution in [-0.4, -0.2) is 44.8 Å². The van der Waals surface area contributed by atoms with Gasteiger partial charge in [0.05, 0.1) is 16.3 Å². The van der Waals surface area contributed by atoms with Crippen molar-refractivity contribution in [1.82, 2.24) is 4.31 Å². The number of hydrogen-bond acceptors (Lipinski definition) is 4. The first-order valence-electron chi connectivity index (χ1n) is 12.0. The third-order valence-corrected chi connectivity index (χ3v) is 8.25. The zero-order chi connectivity index (χ0) is 23.1. The van der Waals surface area contributed by atoms with Gasteiger partial charge in [0.25, 0.3) is 0 Å². The molecule has 0 aliphatic carbocycles. The number of carbonyl (C=O) groups excluding carboxylic acids is 1. The summed E-state index contributed by atoms with van der Waals surface area (Å²) in [5.41, 5.74) is 2.37. The maximum Gasteiger partial charge on any atom is 0.248 e. The Bertz CT molecular complexity index is 1070. The highest BCUT2D eigenvalue weighted by molar-refractivity contribution is 7.89. The summed E-state index contributed by atoms with van der Waals surface area (Å²) in [6.45, 7) is 2.91. The summed E-state index contributed by atoms with van der Waals surface area (Å²) in [6.07, 6.45) is 10.7. The number of piperidine rings is 1. The molecule has 0 bridgehead atoms. The fourth-order valence-corrected chi connectivity index (χ4v) is 6.07. The van der Waals surface area contributed by atoms with Gasteiger partial charge in [-0.1, -0.05) is 49.6 Å². The number of rotatable bonds is 6. The first-order chi connectivity index (χ1) is 16.0. The van der Waals surface area contributed by atoms with Crippen molar-refractivity contribution in [2.24, 2.45) is 0 Å². The predicted molar refractivity (Wildman–Crippen MR) is 134 cm³/mol. The van der Waals surface area contributed by atoms with Crippen LogP contribution in [0.4, 0.5) is 11.4 Å². The van der Waals surface area contributed by atoms with Gasteiger partial charge in [-0.3, -0.25) is 4.79 Å². The summed E-state index contributed by atoms with van der Waals surface area (Å²) in [5, 5.41) is 2.96. The van der Waals surface area contributed by atoms with Crippen LogP contribution < -0.4 is 10.2 Å². The standard InChI is InChI=1S/C26H33N3O3S/c30-26(16-13-22-11-5-3-6-12-22)27-24-21-23(33(31,32)29-19-9-4-10-20-29)14-15-25(24)28-17-7-1-2-8-18-28/h3,5-6,11-16,21H,1-2,4,7-10,17-20H2,(H,27,30). The summed E-state index contributed by atoms with van der Waals surface area (Å²) < 4.78 is 28.1. The molecule has 0 saturated carbocycles. The van der Waals surface area contributed by atoms with Gasteiger partial charge < -0.3 is 10.2 Å². The molecule has 4 rings (SSSR count). The normalized spacial score (nSPS) is 18.2. The van der Waals surface area contributed by atoms with Crippen LogP contribution in [0.15, 0.2) is 59.5 Å². The van der Waals surface area contributed by atoms with Crippen molar-refractivity contribution < 1.29 is 13.2 Å². The predicted octanol–water partition coefficient (Wildman–Crippen LogP) is 4.89. The molecule has 2 aliphatic rings. The van der Waals surface area contributed by atoms with E-state index in [0.717, 1.165) is 56.4 Å². The minimum Gasteiger partial charge on any atom is -0.370 e. The number of carbonyl (C=O) groups is 1. The number of nitrogens with one attached hydrogen (secondary N) is 1. The summed E-state index contributed by atoms with van der Waals surface area (Å²) in [6, 6.07) is 14.8. The highest BCUT2D eigenvalue weighted by Crippen LogP contribution is 2.32. The van der Waals surface area contributed by atoms with E-state index in [4.69, 9.17) is 0 Å². The van der Waals surface area contributed by atoms with Crippen molar-refractivity contribution in [2.75, 3.05) is 36.4 Å². The molecular formula is C26H33N3O3S. The Hall–Kier alpha value is -2.64. The van der Waals surface area contributed by atoms with Gasteiger partial charge in [-0.15, -0.1) is 0 Å². The second-order valence-corrected chi connectivity index (χ2v) is 10.7. The molecule has 2 fully saturated rings. The molecule has 7 heteroatoms. The van der Waals surface area contributed by atoms with Crippen LogP contribution in [0.2, 0.25) is 0 Å². The van der Waals surface area contributed by atoms with Gasteiger partial charge in [-0.05, 0) is 55.5 Å². The molecule has 6 nitrogen and oxygen atoms in total. The first kappa shape index (κ1) is 23.5. The monoisotopic (exact) mass is 467 g/mol. The lowest BCUT2D eigenvalue weighted by atomic mass is 10.2. The van der Waals surface area contributed by atoms with Crippen LogP contribution in [0, 0.1) is 0 Å². The van der Waals surface area contributed by atoms with Gasteiger partial charge in [-0.25, -0.2) is 8.42 Å². The highest BCUT2D eigenvalue weighted by Gasteiger charge is 2.27. The molecule has 2 heterocycles. The zero-order valence-corrected chi connectivity index (χ0v) is 19.9. The summed E-state index contributed by atoms with van der Waals surface area (Å²) >= 11 is 0. The van der Waals surface area contributed by atoms with E-state index >= 15 is 0 Å². The molecule has 176 valence electrons. The summed E-state index contributed by atoms with van der Waals surface area (Å²) in [5.74, 6) is -0.276. The molecule has 0 atom stereocenters. The van der Waals surface area contributed by atoms with Gasteiger partial charge in [0.1, 0.15) is 0 Å². The lowest BCUT2D eigenvalue weighted by Crippen LogP contribution is -2.35. The SMILES string of the molecule is O=C(C=Cc1ccccc1)Nc1cc(S(=O)(=O)N2CCCCC2)ccc1N1CCCCCC1. The van der Waals surface area contributed by atoms with E-state index in [1.807, 2.05) is 36.4 Å². The average Bonchev–Trinajstić information content (AvgIpc) is 3.13. The van der Waals surface area contributed by atoms with E-state index < -0.39 is 10.0 Å². The largest absolute Gasteiger partial charge is 0.370 e. The van der Waals surface area contributed by atoms with Crippen molar-refractivity contribution in [1.29, 1.82) is 0 Å². The number of sulfonamides is 1. The van der Waals surface area contributed by atoms with Gasteiger partial charge in [0, 0.05) is 32.3 Å². The fraction of sp³-hybridized carbons (Fsp3) is 0.423. The van der Waals surface area contributed by atoms with Crippen molar-refractivity contribution in [3.63, 3.8) is 0 Å².